The molecule has 2 amide bonds. The van der Waals surface area contributed by atoms with Gasteiger partial charge in [-0.05, 0) is 13.8 Å². The summed E-state index contributed by atoms with van der Waals surface area (Å²) in [5, 5.41) is 2.36. The van der Waals surface area contributed by atoms with E-state index in [-0.39, 0.29) is 12.2 Å². The Kier molecular flexibility index (Phi) is 4.79. The second-order valence-electron chi connectivity index (χ2n) is 3.12. The Hall–Kier alpha value is -1.43. The minimum atomic E-state index is -0.991. The molecule has 2 atom stereocenters. The van der Waals surface area contributed by atoms with Crippen molar-refractivity contribution in [2.45, 2.75) is 32.4 Å². The van der Waals surface area contributed by atoms with Gasteiger partial charge < -0.3 is 16.8 Å². The predicted molar refractivity (Wildman–Crippen MR) is 50.1 cm³/mol. The van der Waals surface area contributed by atoms with Gasteiger partial charge >= 0.3 is 0 Å². The number of Topliss-reactive ketones (excluding diaryl/α,β-unsaturated/α-hetero) is 1. The molecule has 5 N–H and O–H groups in total. The molecule has 0 saturated heterocycles. The molecule has 6 nitrogen and oxygen atoms in total. The number of carbonyl (C=O) groups is 3. The minimum Gasteiger partial charge on any atom is -0.370 e. The number of amides is 2. The first-order valence-electron chi connectivity index (χ1n) is 4.19. The Morgan fingerprint density at radius 1 is 1.36 bits per heavy atom. The lowest BCUT2D eigenvalue weighted by atomic mass is 10.1. The minimum absolute atomic E-state index is 0.176. The molecule has 0 rings (SSSR count). The molecule has 0 heterocycles. The summed E-state index contributed by atoms with van der Waals surface area (Å²) < 4.78 is 0. The molecular weight excluding hydrogens is 186 g/mol. The zero-order valence-corrected chi connectivity index (χ0v) is 8.24. The van der Waals surface area contributed by atoms with E-state index in [0.29, 0.717) is 0 Å². The molecule has 0 bridgehead atoms. The predicted octanol–water partition coefficient (Wildman–Crippen LogP) is -1.72. The Bertz CT molecular complexity index is 252. The quantitative estimate of drug-likeness (QED) is 0.490. The van der Waals surface area contributed by atoms with Gasteiger partial charge in [0, 0.05) is 0 Å². The number of primary amides is 1. The van der Waals surface area contributed by atoms with Crippen molar-refractivity contribution in [3.05, 3.63) is 0 Å². The van der Waals surface area contributed by atoms with E-state index in [2.05, 4.69) is 5.32 Å². The zero-order valence-electron chi connectivity index (χ0n) is 8.24. The summed E-state index contributed by atoms with van der Waals surface area (Å²) in [5.74, 6) is -1.38. The first kappa shape index (κ1) is 12.6. The second-order valence-corrected chi connectivity index (χ2v) is 3.12. The highest BCUT2D eigenvalue weighted by molar-refractivity contribution is 5.91. The van der Waals surface area contributed by atoms with Crippen LogP contribution in [0.2, 0.25) is 0 Å². The molecule has 0 aromatic carbocycles. The van der Waals surface area contributed by atoms with Gasteiger partial charge in [-0.25, -0.2) is 0 Å². The second kappa shape index (κ2) is 5.33. The summed E-state index contributed by atoms with van der Waals surface area (Å²) in [6.07, 6.45) is -0.226. The summed E-state index contributed by atoms with van der Waals surface area (Å²) in [4.78, 5) is 32.4. The van der Waals surface area contributed by atoms with Crippen LogP contribution in [0.4, 0.5) is 0 Å². The largest absolute Gasteiger partial charge is 0.370 e. The third kappa shape index (κ3) is 4.56. The van der Waals surface area contributed by atoms with E-state index < -0.39 is 23.9 Å². The van der Waals surface area contributed by atoms with E-state index in [4.69, 9.17) is 11.5 Å². The molecule has 0 aliphatic rings. The third-order valence-corrected chi connectivity index (χ3v) is 1.73. The Labute approximate surface area is 82.0 Å². The van der Waals surface area contributed by atoms with E-state index in [9.17, 15) is 14.4 Å². The van der Waals surface area contributed by atoms with Gasteiger partial charge in [0.25, 0.3) is 0 Å². The van der Waals surface area contributed by atoms with E-state index in [0.717, 1.165) is 0 Å². The van der Waals surface area contributed by atoms with Crippen LogP contribution in [0, 0.1) is 0 Å². The highest BCUT2D eigenvalue weighted by atomic mass is 16.2. The topological polar surface area (TPSA) is 115 Å². The van der Waals surface area contributed by atoms with Gasteiger partial charge in [0.05, 0.1) is 18.5 Å². The van der Waals surface area contributed by atoms with Crippen LogP contribution in [0.5, 0.6) is 0 Å². The maximum atomic E-state index is 11.2. The van der Waals surface area contributed by atoms with Crippen molar-refractivity contribution in [2.24, 2.45) is 11.5 Å². The molecular formula is C8H15N3O3. The normalized spacial score (nSPS) is 14.2. The van der Waals surface area contributed by atoms with Crippen LogP contribution in [0.15, 0.2) is 0 Å². The highest BCUT2D eigenvalue weighted by Gasteiger charge is 2.19. The van der Waals surface area contributed by atoms with Gasteiger partial charge in [-0.2, -0.15) is 0 Å². The van der Waals surface area contributed by atoms with E-state index >= 15 is 0 Å². The lowest BCUT2D eigenvalue weighted by Crippen LogP contribution is -2.47. The summed E-state index contributed by atoms with van der Waals surface area (Å²) in [5.41, 5.74) is 10.2. The average Bonchev–Trinajstić information content (AvgIpc) is 2.02. The molecule has 0 aliphatic heterocycles. The van der Waals surface area contributed by atoms with Crippen LogP contribution >= 0.6 is 0 Å². The Morgan fingerprint density at radius 2 is 1.86 bits per heavy atom. The zero-order chi connectivity index (χ0) is 11.3. The number of hydrogen-bond donors (Lipinski definition) is 3. The number of nitrogens with two attached hydrogens (primary N) is 2. The summed E-state index contributed by atoms with van der Waals surface area (Å²) in [6.45, 7) is 2.89. The summed E-state index contributed by atoms with van der Waals surface area (Å²) in [6, 6.07) is -1.59. The van der Waals surface area contributed by atoms with E-state index in [1.54, 1.807) is 0 Å². The molecule has 0 saturated carbocycles. The van der Waals surface area contributed by atoms with Crippen LogP contribution in [0.3, 0.4) is 0 Å². The molecule has 0 spiro atoms. The van der Waals surface area contributed by atoms with Gasteiger partial charge in [-0.3, -0.25) is 14.4 Å². The van der Waals surface area contributed by atoms with Crippen molar-refractivity contribution in [2.75, 3.05) is 0 Å². The van der Waals surface area contributed by atoms with Crippen molar-refractivity contribution in [3.8, 4) is 0 Å². The fourth-order valence-electron chi connectivity index (χ4n) is 0.732. The van der Waals surface area contributed by atoms with Crippen molar-refractivity contribution >= 4 is 17.6 Å². The van der Waals surface area contributed by atoms with Gasteiger partial charge in [0.1, 0.15) is 0 Å². The molecule has 0 fully saturated rings. The number of hydrogen-bond acceptors (Lipinski definition) is 4. The van der Waals surface area contributed by atoms with Crippen molar-refractivity contribution in [1.82, 2.24) is 5.32 Å². The molecule has 0 aromatic rings. The molecule has 2 unspecified atom stereocenters. The fourth-order valence-corrected chi connectivity index (χ4v) is 0.732. The van der Waals surface area contributed by atoms with E-state index in [1.165, 1.54) is 13.8 Å². The Morgan fingerprint density at radius 3 is 2.21 bits per heavy atom. The lowest BCUT2D eigenvalue weighted by molar-refractivity contribution is -0.129. The molecule has 6 heteroatoms. The average molecular weight is 201 g/mol. The smallest absolute Gasteiger partial charge is 0.238 e. The molecule has 0 aliphatic carbocycles. The number of nitrogens with one attached hydrogen (secondary N) is 1. The van der Waals surface area contributed by atoms with Crippen LogP contribution in [0.25, 0.3) is 0 Å². The fraction of sp³-hybridized carbons (Fsp3) is 0.625. The monoisotopic (exact) mass is 201 g/mol. The van der Waals surface area contributed by atoms with E-state index in [1.807, 2.05) is 0 Å². The number of carbonyl (C=O) groups excluding carboxylic acids is 3. The van der Waals surface area contributed by atoms with Crippen LogP contribution in [-0.2, 0) is 14.4 Å². The summed E-state index contributed by atoms with van der Waals surface area (Å²) in [7, 11) is 0. The first-order valence-corrected chi connectivity index (χ1v) is 4.19. The van der Waals surface area contributed by atoms with Gasteiger partial charge in [0.2, 0.25) is 11.8 Å². The highest BCUT2D eigenvalue weighted by Crippen LogP contribution is 1.90. The maximum absolute atomic E-state index is 11.2. The molecule has 0 aromatic heterocycles. The SMILES string of the molecule is CC(=O)C(C)NC(=O)C(N)CC(N)=O. The number of ketones is 1. The molecule has 0 radical (unpaired) electrons. The van der Waals surface area contributed by atoms with Gasteiger partial charge in [0.15, 0.2) is 5.78 Å². The summed E-state index contributed by atoms with van der Waals surface area (Å²) >= 11 is 0. The number of rotatable bonds is 5. The van der Waals surface area contributed by atoms with Gasteiger partial charge in [-0.1, -0.05) is 0 Å². The van der Waals surface area contributed by atoms with Crippen LogP contribution < -0.4 is 16.8 Å². The van der Waals surface area contributed by atoms with Crippen LogP contribution in [-0.4, -0.2) is 29.7 Å². The van der Waals surface area contributed by atoms with Crippen molar-refractivity contribution in [3.63, 3.8) is 0 Å². The van der Waals surface area contributed by atoms with Crippen molar-refractivity contribution < 1.29 is 14.4 Å². The molecule has 14 heavy (non-hydrogen) atoms. The lowest BCUT2D eigenvalue weighted by Gasteiger charge is -2.14. The maximum Gasteiger partial charge on any atom is 0.238 e. The first-order chi connectivity index (χ1) is 6.34. The third-order valence-electron chi connectivity index (χ3n) is 1.73. The molecule has 80 valence electrons. The van der Waals surface area contributed by atoms with Crippen molar-refractivity contribution in [1.29, 1.82) is 0 Å². The standard InChI is InChI=1S/C8H15N3O3/c1-4(5(2)12)11-8(14)6(9)3-7(10)13/h4,6H,3,9H2,1-2H3,(H2,10,13)(H,11,14). The van der Waals surface area contributed by atoms with Gasteiger partial charge in [-0.15, -0.1) is 0 Å². The Balaban J connectivity index is 4.07. The van der Waals surface area contributed by atoms with Crippen LogP contribution in [0.1, 0.15) is 20.3 Å².